The number of hydrogen-bond donors (Lipinski definition) is 2. The van der Waals surface area contributed by atoms with E-state index < -0.39 is 12.2 Å². The molecule has 0 aromatic rings. The van der Waals surface area contributed by atoms with Crippen molar-refractivity contribution in [2.75, 3.05) is 39.3 Å². The van der Waals surface area contributed by atoms with Crippen molar-refractivity contribution in [3.05, 3.63) is 0 Å². The number of nitrogens with zero attached hydrogens (tertiary/aromatic N) is 3. The molecule has 2 atom stereocenters. The minimum absolute atomic E-state index is 0. The number of carbonyl (C=O) groups excluding carboxylic acids is 1. The molecule has 1 heterocycles. The van der Waals surface area contributed by atoms with Crippen LogP contribution in [0.2, 0.25) is 0 Å². The molecule has 1 saturated heterocycles. The average Bonchev–Trinajstić information content (AvgIpc) is 2.59. The Labute approximate surface area is 177 Å². The van der Waals surface area contributed by atoms with Gasteiger partial charge in [-0.2, -0.15) is 13.2 Å². The third kappa shape index (κ3) is 9.31. The number of nitrogens with one attached hydrogen (secondary N) is 2. The van der Waals surface area contributed by atoms with Gasteiger partial charge in [-0.15, -0.1) is 24.0 Å². The van der Waals surface area contributed by atoms with Crippen LogP contribution in [-0.2, 0) is 4.79 Å². The van der Waals surface area contributed by atoms with Crippen molar-refractivity contribution in [2.24, 2.45) is 4.99 Å². The van der Waals surface area contributed by atoms with E-state index in [-0.39, 0.29) is 35.9 Å². The van der Waals surface area contributed by atoms with Gasteiger partial charge in [0.2, 0.25) is 5.91 Å². The first-order chi connectivity index (χ1) is 12.2. The summed E-state index contributed by atoms with van der Waals surface area (Å²) >= 11 is 0. The molecular weight excluding hydrogens is 474 g/mol. The molecule has 1 aliphatic heterocycles. The summed E-state index contributed by atoms with van der Waals surface area (Å²) in [4.78, 5) is 19.7. The molecule has 1 rings (SSSR count). The van der Waals surface area contributed by atoms with Crippen LogP contribution in [-0.4, -0.2) is 79.2 Å². The highest BCUT2D eigenvalue weighted by Crippen LogP contribution is 2.25. The van der Waals surface area contributed by atoms with Crippen molar-refractivity contribution in [3.63, 3.8) is 0 Å². The third-order valence-electron chi connectivity index (χ3n) is 4.59. The predicted octanol–water partition coefficient (Wildman–Crippen LogP) is 2.44. The standard InChI is InChI=1S/C17H32F3N5O.HI/c1-5-13(3)23-15(26)7-8-22-16(21-6-2)25-11-9-24(10-12-25)14(4)17(18,19)20;/h13-14H,5-12H2,1-4H3,(H,21,22)(H,23,26);1H. The second kappa shape index (κ2) is 12.6. The van der Waals surface area contributed by atoms with Crippen molar-refractivity contribution in [1.29, 1.82) is 0 Å². The lowest BCUT2D eigenvalue weighted by molar-refractivity contribution is -0.181. The number of amides is 1. The number of guanidine groups is 1. The number of carbonyl (C=O) groups is 1. The van der Waals surface area contributed by atoms with Crippen LogP contribution in [0.1, 0.15) is 40.5 Å². The number of halogens is 4. The zero-order valence-electron chi connectivity index (χ0n) is 16.6. The van der Waals surface area contributed by atoms with Crippen molar-refractivity contribution in [1.82, 2.24) is 20.4 Å². The second-order valence-corrected chi connectivity index (χ2v) is 6.60. The van der Waals surface area contributed by atoms with Crippen LogP contribution in [0.4, 0.5) is 13.2 Å². The number of rotatable bonds is 7. The molecule has 27 heavy (non-hydrogen) atoms. The Balaban J connectivity index is 0.00000676. The van der Waals surface area contributed by atoms with Gasteiger partial charge in [0.25, 0.3) is 0 Å². The van der Waals surface area contributed by atoms with Gasteiger partial charge in [0, 0.05) is 45.2 Å². The van der Waals surface area contributed by atoms with Gasteiger partial charge in [0.05, 0.1) is 6.54 Å². The van der Waals surface area contributed by atoms with E-state index in [4.69, 9.17) is 0 Å². The molecule has 0 spiro atoms. The van der Waals surface area contributed by atoms with E-state index >= 15 is 0 Å². The Morgan fingerprint density at radius 1 is 1.15 bits per heavy atom. The molecule has 1 aliphatic rings. The third-order valence-corrected chi connectivity index (χ3v) is 4.59. The summed E-state index contributed by atoms with van der Waals surface area (Å²) in [5.74, 6) is 0.617. The van der Waals surface area contributed by atoms with Gasteiger partial charge in [-0.05, 0) is 27.2 Å². The van der Waals surface area contributed by atoms with Crippen LogP contribution in [0.25, 0.3) is 0 Å². The Kier molecular flexibility index (Phi) is 12.3. The van der Waals surface area contributed by atoms with Crippen molar-refractivity contribution < 1.29 is 18.0 Å². The number of hydrogen-bond acceptors (Lipinski definition) is 3. The van der Waals surface area contributed by atoms with E-state index in [1.165, 1.54) is 11.8 Å². The Morgan fingerprint density at radius 2 is 1.74 bits per heavy atom. The van der Waals surface area contributed by atoms with E-state index in [2.05, 4.69) is 15.6 Å². The summed E-state index contributed by atoms with van der Waals surface area (Å²) in [6.07, 6.45) is -3.04. The highest BCUT2D eigenvalue weighted by Gasteiger charge is 2.41. The van der Waals surface area contributed by atoms with Crippen LogP contribution in [0, 0.1) is 0 Å². The summed E-state index contributed by atoms with van der Waals surface area (Å²) in [6, 6.07) is -1.29. The van der Waals surface area contributed by atoms with Gasteiger partial charge in [0.1, 0.15) is 6.04 Å². The first kappa shape index (κ1) is 26.2. The quantitative estimate of drug-likeness (QED) is 0.316. The Morgan fingerprint density at radius 3 is 2.22 bits per heavy atom. The van der Waals surface area contributed by atoms with Gasteiger partial charge in [-0.3, -0.25) is 14.7 Å². The monoisotopic (exact) mass is 507 g/mol. The molecule has 1 amide bonds. The lowest BCUT2D eigenvalue weighted by Gasteiger charge is -2.39. The SMILES string of the molecule is CCNC(=NCCC(=O)NC(C)CC)N1CCN(C(C)C(F)(F)F)CC1.I. The van der Waals surface area contributed by atoms with E-state index in [1.54, 1.807) is 0 Å². The highest BCUT2D eigenvalue weighted by atomic mass is 127. The van der Waals surface area contributed by atoms with Crippen molar-refractivity contribution in [3.8, 4) is 0 Å². The Hall–Kier alpha value is -0.780. The molecule has 10 heteroatoms. The lowest BCUT2D eigenvalue weighted by Crippen LogP contribution is -2.56. The van der Waals surface area contributed by atoms with Crippen LogP contribution in [0.3, 0.4) is 0 Å². The number of aliphatic imine (C=N–C) groups is 1. The first-order valence-corrected chi connectivity index (χ1v) is 9.32. The molecule has 0 saturated carbocycles. The van der Waals surface area contributed by atoms with E-state index in [0.29, 0.717) is 51.6 Å². The topological polar surface area (TPSA) is 60.0 Å². The van der Waals surface area contributed by atoms with Crippen molar-refractivity contribution >= 4 is 35.8 Å². The first-order valence-electron chi connectivity index (χ1n) is 9.32. The van der Waals surface area contributed by atoms with Crippen molar-refractivity contribution in [2.45, 2.75) is 58.8 Å². The summed E-state index contributed by atoms with van der Waals surface area (Å²) in [7, 11) is 0. The normalized spacial score (nSPS) is 18.5. The largest absolute Gasteiger partial charge is 0.403 e. The lowest BCUT2D eigenvalue weighted by atomic mass is 10.2. The molecule has 2 unspecified atom stereocenters. The van der Waals surface area contributed by atoms with Crippen LogP contribution in [0.5, 0.6) is 0 Å². The molecule has 0 bridgehead atoms. The minimum atomic E-state index is -4.20. The van der Waals surface area contributed by atoms with Crippen LogP contribution < -0.4 is 10.6 Å². The van der Waals surface area contributed by atoms with E-state index in [1.807, 2.05) is 25.7 Å². The van der Waals surface area contributed by atoms with Gasteiger partial charge >= 0.3 is 6.18 Å². The fourth-order valence-electron chi connectivity index (χ4n) is 2.67. The number of alkyl halides is 3. The zero-order chi connectivity index (χ0) is 19.7. The summed E-state index contributed by atoms with van der Waals surface area (Å²) in [5, 5.41) is 6.05. The average molecular weight is 507 g/mol. The maximum Gasteiger partial charge on any atom is 0.403 e. The molecule has 0 aromatic carbocycles. The van der Waals surface area contributed by atoms with Gasteiger partial charge in [-0.25, -0.2) is 0 Å². The number of piperazine rings is 1. The van der Waals surface area contributed by atoms with Crippen LogP contribution >= 0.6 is 24.0 Å². The molecule has 2 N–H and O–H groups in total. The molecular formula is C17H33F3IN5O. The highest BCUT2D eigenvalue weighted by molar-refractivity contribution is 14.0. The second-order valence-electron chi connectivity index (χ2n) is 6.60. The predicted molar refractivity (Wildman–Crippen MR) is 113 cm³/mol. The van der Waals surface area contributed by atoms with Gasteiger partial charge in [0.15, 0.2) is 5.96 Å². The maximum atomic E-state index is 12.8. The van der Waals surface area contributed by atoms with Crippen LogP contribution in [0.15, 0.2) is 4.99 Å². The molecule has 1 fully saturated rings. The van der Waals surface area contributed by atoms with Gasteiger partial charge in [-0.1, -0.05) is 6.92 Å². The summed E-state index contributed by atoms with van der Waals surface area (Å²) in [5.41, 5.74) is 0. The Bertz CT molecular complexity index is 468. The molecule has 0 radical (unpaired) electrons. The zero-order valence-corrected chi connectivity index (χ0v) is 18.9. The fraction of sp³-hybridized carbons (Fsp3) is 0.882. The smallest absolute Gasteiger partial charge is 0.357 e. The molecule has 0 aliphatic carbocycles. The van der Waals surface area contributed by atoms with E-state index in [9.17, 15) is 18.0 Å². The van der Waals surface area contributed by atoms with Gasteiger partial charge < -0.3 is 15.5 Å². The fourth-order valence-corrected chi connectivity index (χ4v) is 2.67. The summed E-state index contributed by atoms with van der Waals surface area (Å²) in [6.45, 7) is 9.73. The van der Waals surface area contributed by atoms with E-state index in [0.717, 1.165) is 6.42 Å². The maximum absolute atomic E-state index is 12.8. The molecule has 160 valence electrons. The molecule has 6 nitrogen and oxygen atoms in total. The molecule has 0 aromatic heterocycles. The summed E-state index contributed by atoms with van der Waals surface area (Å²) < 4.78 is 38.5. The minimum Gasteiger partial charge on any atom is -0.357 e.